The van der Waals surface area contributed by atoms with Gasteiger partial charge in [0, 0.05) is 19.2 Å². The average molecular weight is 431 g/mol. The van der Waals surface area contributed by atoms with E-state index in [2.05, 4.69) is 10.1 Å². The van der Waals surface area contributed by atoms with Crippen molar-refractivity contribution in [2.45, 2.75) is 10.8 Å². The quantitative estimate of drug-likeness (QED) is 0.562. The van der Waals surface area contributed by atoms with Gasteiger partial charge in [0.1, 0.15) is 22.1 Å². The van der Waals surface area contributed by atoms with Crippen molar-refractivity contribution < 1.29 is 27.2 Å². The Bertz CT molecular complexity index is 1150. The van der Waals surface area contributed by atoms with E-state index in [-0.39, 0.29) is 29.7 Å². The second-order valence-electron chi connectivity index (χ2n) is 6.69. The summed E-state index contributed by atoms with van der Waals surface area (Å²) in [5, 5.41) is 4.02. The van der Waals surface area contributed by atoms with E-state index in [1.165, 1.54) is 24.6 Å². The molecule has 158 valence electrons. The predicted molar refractivity (Wildman–Crippen MR) is 107 cm³/mol. The summed E-state index contributed by atoms with van der Waals surface area (Å²) in [6.45, 7) is 0.465. The van der Waals surface area contributed by atoms with Crippen molar-refractivity contribution in [1.29, 1.82) is 0 Å². The fraction of sp³-hybridized carbons (Fsp3) is 0.300. The van der Waals surface area contributed by atoms with E-state index < -0.39 is 10.0 Å². The molecule has 4 rings (SSSR count). The number of para-hydroxylation sites is 1. The monoisotopic (exact) mass is 431 g/mol. The Hall–Kier alpha value is -3.11. The van der Waals surface area contributed by atoms with Crippen LogP contribution in [0, 0.1) is 0 Å². The largest absolute Gasteiger partial charge is 0.497 e. The van der Waals surface area contributed by atoms with Crippen LogP contribution in [0.15, 0.2) is 51.9 Å². The summed E-state index contributed by atoms with van der Waals surface area (Å²) >= 11 is 0. The number of benzene rings is 2. The predicted octanol–water partition coefficient (Wildman–Crippen LogP) is 2.55. The molecular formula is C20H21N3O6S. The third kappa shape index (κ3) is 3.48. The number of ether oxygens (including phenoxy) is 3. The van der Waals surface area contributed by atoms with Gasteiger partial charge in [-0.05, 0) is 24.3 Å². The van der Waals surface area contributed by atoms with E-state index in [4.69, 9.17) is 18.7 Å². The summed E-state index contributed by atoms with van der Waals surface area (Å²) < 4.78 is 48.6. The fourth-order valence-corrected chi connectivity index (χ4v) is 4.96. The Morgan fingerprint density at radius 2 is 1.73 bits per heavy atom. The van der Waals surface area contributed by atoms with Crippen molar-refractivity contribution in [3.8, 4) is 28.6 Å². The number of nitrogens with zero attached hydrogens (tertiary/aromatic N) is 3. The number of hydrogen-bond donors (Lipinski definition) is 0. The molecule has 0 spiro atoms. The van der Waals surface area contributed by atoms with Crippen LogP contribution >= 0.6 is 0 Å². The summed E-state index contributed by atoms with van der Waals surface area (Å²) in [5.41, 5.74) is 0.708. The maximum Gasteiger partial charge on any atom is 0.246 e. The number of rotatable bonds is 7. The van der Waals surface area contributed by atoms with Crippen molar-refractivity contribution in [2.75, 3.05) is 34.4 Å². The summed E-state index contributed by atoms with van der Waals surface area (Å²) in [7, 11) is 0.722. The van der Waals surface area contributed by atoms with Crippen LogP contribution < -0.4 is 14.2 Å². The summed E-state index contributed by atoms with van der Waals surface area (Å²) in [5.74, 6) is 1.93. The molecule has 0 saturated carbocycles. The van der Waals surface area contributed by atoms with Gasteiger partial charge in [0.05, 0.1) is 32.8 Å². The average Bonchev–Trinajstić information content (AvgIpc) is 3.21. The maximum absolute atomic E-state index is 13.1. The topological polar surface area (TPSA) is 104 Å². The molecule has 1 saturated heterocycles. The summed E-state index contributed by atoms with van der Waals surface area (Å²) in [6, 6.07) is 12.0. The lowest BCUT2D eigenvalue weighted by Crippen LogP contribution is -2.48. The third-order valence-corrected chi connectivity index (χ3v) is 6.83. The molecule has 0 amide bonds. The number of aromatic nitrogens is 2. The highest BCUT2D eigenvalue weighted by molar-refractivity contribution is 7.89. The van der Waals surface area contributed by atoms with E-state index in [0.29, 0.717) is 28.8 Å². The van der Waals surface area contributed by atoms with Crippen molar-refractivity contribution in [3.63, 3.8) is 0 Å². The zero-order valence-corrected chi connectivity index (χ0v) is 17.5. The van der Waals surface area contributed by atoms with Crippen LogP contribution in [0.3, 0.4) is 0 Å². The van der Waals surface area contributed by atoms with Crippen LogP contribution in [-0.2, 0) is 10.0 Å². The molecule has 2 aromatic carbocycles. The molecule has 9 nitrogen and oxygen atoms in total. The molecule has 3 aromatic rings. The second kappa shape index (κ2) is 7.96. The lowest BCUT2D eigenvalue weighted by molar-refractivity contribution is 0.216. The van der Waals surface area contributed by atoms with E-state index in [9.17, 15) is 8.42 Å². The van der Waals surface area contributed by atoms with Gasteiger partial charge >= 0.3 is 0 Å². The van der Waals surface area contributed by atoms with Crippen LogP contribution in [0.25, 0.3) is 11.4 Å². The van der Waals surface area contributed by atoms with Crippen LogP contribution in [0.2, 0.25) is 0 Å². The molecule has 0 atom stereocenters. The van der Waals surface area contributed by atoms with Gasteiger partial charge in [-0.25, -0.2) is 8.42 Å². The molecule has 0 unspecified atom stereocenters. The molecule has 0 aliphatic carbocycles. The molecular weight excluding hydrogens is 410 g/mol. The normalized spacial score (nSPS) is 14.9. The highest BCUT2D eigenvalue weighted by Gasteiger charge is 2.41. The lowest BCUT2D eigenvalue weighted by Gasteiger charge is -2.36. The Balaban J connectivity index is 1.52. The van der Waals surface area contributed by atoms with E-state index >= 15 is 0 Å². The Kier molecular flexibility index (Phi) is 5.35. The molecule has 1 aliphatic heterocycles. The lowest BCUT2D eigenvalue weighted by atomic mass is 10.0. The molecule has 2 heterocycles. The molecule has 0 radical (unpaired) electrons. The van der Waals surface area contributed by atoms with E-state index in [1.54, 1.807) is 19.2 Å². The van der Waals surface area contributed by atoms with Gasteiger partial charge in [0.15, 0.2) is 0 Å². The van der Waals surface area contributed by atoms with Gasteiger partial charge in [-0.1, -0.05) is 17.3 Å². The highest BCUT2D eigenvalue weighted by atomic mass is 32.2. The minimum Gasteiger partial charge on any atom is -0.497 e. The van der Waals surface area contributed by atoms with Gasteiger partial charge in [0.2, 0.25) is 21.7 Å². The molecule has 0 N–H and O–H groups in total. The van der Waals surface area contributed by atoms with Crippen LogP contribution in [0.5, 0.6) is 17.2 Å². The Morgan fingerprint density at radius 1 is 1.00 bits per heavy atom. The Morgan fingerprint density at radius 3 is 2.43 bits per heavy atom. The number of sulfonamides is 1. The third-order valence-electron chi connectivity index (χ3n) is 4.98. The molecule has 0 bridgehead atoms. The minimum atomic E-state index is -3.76. The highest BCUT2D eigenvalue weighted by Crippen LogP contribution is 2.37. The van der Waals surface area contributed by atoms with Gasteiger partial charge < -0.3 is 18.7 Å². The minimum absolute atomic E-state index is 0.0584. The zero-order valence-electron chi connectivity index (χ0n) is 16.7. The standard InChI is InChI=1S/C20H21N3O6S/c1-26-14-8-9-17(28-3)18(10-14)30(24,25)23-11-13(12-23)20-21-19(22-29-20)15-6-4-5-7-16(15)27-2/h4-10,13H,11-12H2,1-3H3. The van der Waals surface area contributed by atoms with Crippen molar-refractivity contribution >= 4 is 10.0 Å². The molecule has 1 fully saturated rings. The summed E-state index contributed by atoms with van der Waals surface area (Å²) in [4.78, 5) is 4.50. The molecule has 1 aromatic heterocycles. The van der Waals surface area contributed by atoms with Gasteiger partial charge in [-0.3, -0.25) is 0 Å². The Labute approximate surface area is 174 Å². The van der Waals surface area contributed by atoms with Gasteiger partial charge in [-0.2, -0.15) is 9.29 Å². The molecule has 30 heavy (non-hydrogen) atoms. The first-order chi connectivity index (χ1) is 14.5. The van der Waals surface area contributed by atoms with Crippen molar-refractivity contribution in [2.24, 2.45) is 0 Å². The summed E-state index contributed by atoms with van der Waals surface area (Å²) in [6.07, 6.45) is 0. The molecule has 10 heteroatoms. The number of methoxy groups -OCH3 is 3. The van der Waals surface area contributed by atoms with E-state index in [1.807, 2.05) is 24.3 Å². The van der Waals surface area contributed by atoms with Gasteiger partial charge in [-0.15, -0.1) is 0 Å². The first kappa shape index (κ1) is 20.2. The zero-order chi connectivity index (χ0) is 21.3. The number of hydrogen-bond acceptors (Lipinski definition) is 8. The van der Waals surface area contributed by atoms with Crippen molar-refractivity contribution in [3.05, 3.63) is 48.4 Å². The van der Waals surface area contributed by atoms with Crippen molar-refractivity contribution in [1.82, 2.24) is 14.4 Å². The fourth-order valence-electron chi connectivity index (χ4n) is 3.26. The first-order valence-electron chi connectivity index (χ1n) is 9.17. The SMILES string of the molecule is COc1ccc(OC)c(S(=O)(=O)N2CC(c3nc(-c4ccccc4OC)no3)C2)c1. The van der Waals surface area contributed by atoms with Crippen LogP contribution in [0.4, 0.5) is 0 Å². The molecule has 1 aliphatic rings. The second-order valence-corrected chi connectivity index (χ2v) is 8.60. The van der Waals surface area contributed by atoms with Gasteiger partial charge in [0.25, 0.3) is 0 Å². The maximum atomic E-state index is 13.1. The van der Waals surface area contributed by atoms with Crippen LogP contribution in [-0.4, -0.2) is 57.3 Å². The smallest absolute Gasteiger partial charge is 0.246 e. The van der Waals surface area contributed by atoms with Crippen LogP contribution in [0.1, 0.15) is 11.8 Å². The first-order valence-corrected chi connectivity index (χ1v) is 10.6. The van der Waals surface area contributed by atoms with E-state index in [0.717, 1.165) is 0 Å².